The zero-order chi connectivity index (χ0) is 22.0. The van der Waals surface area contributed by atoms with Gasteiger partial charge in [0, 0.05) is 18.9 Å². The molecule has 0 unspecified atom stereocenters. The summed E-state index contributed by atoms with van der Waals surface area (Å²) in [6.07, 6.45) is 13.0. The summed E-state index contributed by atoms with van der Waals surface area (Å²) >= 11 is 0. The van der Waals surface area contributed by atoms with E-state index in [1.54, 1.807) is 0 Å². The molecule has 178 valence electrons. The first-order valence-corrected chi connectivity index (χ1v) is 13.0. The maximum atomic E-state index is 6.26. The van der Waals surface area contributed by atoms with Gasteiger partial charge in [0.1, 0.15) is 5.75 Å². The number of unbranched alkanes of at least 4 members (excludes halogenated alkanes) is 1. The highest BCUT2D eigenvalue weighted by molar-refractivity contribution is 5.29. The number of nitrogens with two attached hydrogens (primary N) is 1. The maximum Gasteiger partial charge on any atom is 0.207 e. The van der Waals surface area contributed by atoms with Crippen LogP contribution >= 0.6 is 0 Å². The standard InChI is InChI=1S/C27H41NO4/c1-29-27(23-15-19-14-20(17-23)18-24(27)16-19)32-31-26-10-6-22(7-11-26)21-4-8-25(9-5-21)30-13-3-2-12-28/h4-5,8-9,19-20,22-24,26H,2-3,6-7,10-18,28H2,1H3/t19?,20?,22-,23?,24?,26+,27?. The molecule has 1 aromatic rings. The molecule has 4 bridgehead atoms. The van der Waals surface area contributed by atoms with Gasteiger partial charge in [0.25, 0.3) is 0 Å². The van der Waals surface area contributed by atoms with E-state index in [1.165, 1.54) is 37.7 Å². The molecule has 0 heterocycles. The first kappa shape index (κ1) is 22.6. The Morgan fingerprint density at radius 1 is 0.875 bits per heavy atom. The van der Waals surface area contributed by atoms with Gasteiger partial charge in [0.15, 0.2) is 0 Å². The average molecular weight is 444 g/mol. The highest BCUT2D eigenvalue weighted by atomic mass is 17.2. The lowest BCUT2D eigenvalue weighted by molar-refractivity contribution is -0.485. The van der Waals surface area contributed by atoms with E-state index < -0.39 is 5.79 Å². The summed E-state index contributed by atoms with van der Waals surface area (Å²) in [4.78, 5) is 12.4. The van der Waals surface area contributed by atoms with Crippen LogP contribution in [-0.2, 0) is 14.5 Å². The van der Waals surface area contributed by atoms with Crippen molar-refractivity contribution >= 4 is 0 Å². The normalized spacial score (nSPS) is 38.2. The molecule has 0 aromatic heterocycles. The largest absolute Gasteiger partial charge is 0.494 e. The molecule has 0 radical (unpaired) electrons. The van der Waals surface area contributed by atoms with Crippen LogP contribution in [0.3, 0.4) is 0 Å². The fourth-order valence-corrected chi connectivity index (χ4v) is 7.25. The lowest BCUT2D eigenvalue weighted by Gasteiger charge is -2.58. The molecule has 5 aliphatic carbocycles. The molecule has 5 saturated carbocycles. The molecule has 0 saturated heterocycles. The summed E-state index contributed by atoms with van der Waals surface area (Å²) in [5, 5.41) is 0. The smallest absolute Gasteiger partial charge is 0.207 e. The number of rotatable bonds is 10. The van der Waals surface area contributed by atoms with Gasteiger partial charge in [-0.2, -0.15) is 0 Å². The number of hydrogen-bond donors (Lipinski definition) is 1. The van der Waals surface area contributed by atoms with E-state index in [0.717, 1.165) is 69.3 Å². The van der Waals surface area contributed by atoms with E-state index in [2.05, 4.69) is 24.3 Å². The SMILES string of the molecule is COC1(OO[C@H]2CC[C@@H](c3ccc(OCCCCN)cc3)CC2)C2CC3CC(C2)CC1C3. The van der Waals surface area contributed by atoms with Crippen molar-refractivity contribution in [2.45, 2.75) is 88.4 Å². The molecule has 2 N–H and O–H groups in total. The quantitative estimate of drug-likeness (QED) is 0.221. The molecule has 32 heavy (non-hydrogen) atoms. The van der Waals surface area contributed by atoms with Crippen LogP contribution in [0.4, 0.5) is 0 Å². The molecule has 5 fully saturated rings. The van der Waals surface area contributed by atoms with E-state index in [4.69, 9.17) is 25.0 Å². The first-order valence-electron chi connectivity index (χ1n) is 13.0. The fourth-order valence-electron chi connectivity index (χ4n) is 7.25. The third-order valence-electron chi connectivity index (χ3n) is 8.80. The second kappa shape index (κ2) is 10.0. The summed E-state index contributed by atoms with van der Waals surface area (Å²) in [5.74, 6) is 3.86. The summed E-state index contributed by atoms with van der Waals surface area (Å²) in [7, 11) is 1.83. The molecule has 6 rings (SSSR count). The van der Waals surface area contributed by atoms with Crippen LogP contribution in [0.15, 0.2) is 24.3 Å². The highest BCUT2D eigenvalue weighted by Gasteiger charge is 2.60. The summed E-state index contributed by atoms with van der Waals surface area (Å²) in [6, 6.07) is 8.68. The van der Waals surface area contributed by atoms with Gasteiger partial charge in [-0.25, -0.2) is 9.78 Å². The van der Waals surface area contributed by atoms with Crippen molar-refractivity contribution in [1.29, 1.82) is 0 Å². The van der Waals surface area contributed by atoms with Gasteiger partial charge in [0.05, 0.1) is 12.7 Å². The van der Waals surface area contributed by atoms with Crippen molar-refractivity contribution in [3.05, 3.63) is 29.8 Å². The minimum atomic E-state index is -0.496. The Morgan fingerprint density at radius 2 is 1.53 bits per heavy atom. The summed E-state index contributed by atoms with van der Waals surface area (Å²) in [5.41, 5.74) is 6.95. The molecule has 0 amide bonds. The average Bonchev–Trinajstić information content (AvgIpc) is 2.82. The molecule has 0 aliphatic heterocycles. The predicted molar refractivity (Wildman–Crippen MR) is 124 cm³/mol. The van der Waals surface area contributed by atoms with Gasteiger partial charge in [-0.1, -0.05) is 12.1 Å². The number of hydrogen-bond acceptors (Lipinski definition) is 5. The zero-order valence-corrected chi connectivity index (χ0v) is 19.7. The Labute approximate surface area is 193 Å². The second-order valence-corrected chi connectivity index (χ2v) is 10.8. The van der Waals surface area contributed by atoms with Crippen molar-refractivity contribution in [3.63, 3.8) is 0 Å². The second-order valence-electron chi connectivity index (χ2n) is 10.8. The highest BCUT2D eigenvalue weighted by Crippen LogP contribution is 2.60. The minimum absolute atomic E-state index is 0.181. The van der Waals surface area contributed by atoms with Crippen LogP contribution in [0.5, 0.6) is 5.75 Å². The van der Waals surface area contributed by atoms with Gasteiger partial charge in [-0.15, -0.1) is 0 Å². The van der Waals surface area contributed by atoms with E-state index >= 15 is 0 Å². The predicted octanol–water partition coefficient (Wildman–Crippen LogP) is 5.58. The van der Waals surface area contributed by atoms with Gasteiger partial charge < -0.3 is 15.2 Å². The van der Waals surface area contributed by atoms with Crippen LogP contribution in [0.2, 0.25) is 0 Å². The van der Waals surface area contributed by atoms with Crippen LogP contribution in [0, 0.1) is 23.7 Å². The van der Waals surface area contributed by atoms with Crippen molar-refractivity contribution < 1.29 is 19.2 Å². The van der Waals surface area contributed by atoms with Gasteiger partial charge in [0.2, 0.25) is 5.79 Å². The maximum absolute atomic E-state index is 6.26. The molecular formula is C27H41NO4. The van der Waals surface area contributed by atoms with Crippen LogP contribution < -0.4 is 10.5 Å². The Hall–Kier alpha value is -1.14. The van der Waals surface area contributed by atoms with Gasteiger partial charge in [-0.05, 0) is 113 Å². The van der Waals surface area contributed by atoms with Crippen molar-refractivity contribution in [1.82, 2.24) is 0 Å². The molecule has 0 spiro atoms. The number of ether oxygens (including phenoxy) is 2. The Bertz CT molecular complexity index is 700. The van der Waals surface area contributed by atoms with E-state index in [1.807, 2.05) is 7.11 Å². The third kappa shape index (κ3) is 4.59. The molecule has 5 heteroatoms. The topological polar surface area (TPSA) is 62.9 Å². The third-order valence-corrected chi connectivity index (χ3v) is 8.80. The first-order chi connectivity index (χ1) is 15.7. The van der Waals surface area contributed by atoms with E-state index in [-0.39, 0.29) is 6.10 Å². The van der Waals surface area contributed by atoms with E-state index in [0.29, 0.717) is 17.8 Å². The monoisotopic (exact) mass is 443 g/mol. The van der Waals surface area contributed by atoms with Gasteiger partial charge in [-0.3, -0.25) is 0 Å². The lowest BCUT2D eigenvalue weighted by Crippen LogP contribution is -2.60. The summed E-state index contributed by atoms with van der Waals surface area (Å²) < 4.78 is 11.9. The van der Waals surface area contributed by atoms with E-state index in [9.17, 15) is 0 Å². The van der Waals surface area contributed by atoms with Crippen LogP contribution in [0.25, 0.3) is 0 Å². The van der Waals surface area contributed by atoms with Crippen molar-refractivity contribution in [2.24, 2.45) is 29.4 Å². The van der Waals surface area contributed by atoms with Crippen molar-refractivity contribution in [3.8, 4) is 5.75 Å². The van der Waals surface area contributed by atoms with Crippen LogP contribution in [0.1, 0.15) is 82.1 Å². The lowest BCUT2D eigenvalue weighted by atomic mass is 9.53. The summed E-state index contributed by atoms with van der Waals surface area (Å²) in [6.45, 7) is 1.47. The molecule has 5 aliphatic rings. The minimum Gasteiger partial charge on any atom is -0.494 e. The van der Waals surface area contributed by atoms with Crippen LogP contribution in [-0.4, -0.2) is 32.2 Å². The Morgan fingerprint density at radius 3 is 2.12 bits per heavy atom. The van der Waals surface area contributed by atoms with Gasteiger partial charge >= 0.3 is 0 Å². The number of benzene rings is 1. The zero-order valence-electron chi connectivity index (χ0n) is 19.7. The fraction of sp³-hybridized carbons (Fsp3) is 0.778. The Kier molecular flexibility index (Phi) is 7.08. The molecule has 5 nitrogen and oxygen atoms in total. The number of methoxy groups -OCH3 is 1. The Balaban J connectivity index is 1.09. The molecule has 1 aromatic carbocycles. The molecule has 0 atom stereocenters. The molecular weight excluding hydrogens is 402 g/mol. The van der Waals surface area contributed by atoms with Crippen molar-refractivity contribution in [2.75, 3.05) is 20.3 Å².